The Balaban J connectivity index is 2.14. The Bertz CT molecular complexity index is 1060. The SMILES string of the molecule is [2H]C(C)(C)N(Cc1ccccc1OCCCCCC(=O)O)C(=O)c1ccc(S(C)(=O)=O)cc1. The molecule has 2 aromatic carbocycles. The second-order valence-electron chi connectivity index (χ2n) is 7.80. The molecule has 0 heterocycles. The predicted molar refractivity (Wildman–Crippen MR) is 123 cm³/mol. The first-order valence-corrected chi connectivity index (χ1v) is 12.3. The summed E-state index contributed by atoms with van der Waals surface area (Å²) in [4.78, 5) is 25.3. The molecule has 0 aliphatic rings. The highest BCUT2D eigenvalue weighted by atomic mass is 32.2. The molecular weight excluding hydrogens is 430 g/mol. The molecule has 0 aliphatic heterocycles. The first-order chi connectivity index (χ1) is 15.4. The number of aliphatic carboxylic acids is 1. The Kier molecular flexibility index (Phi) is 8.67. The first-order valence-electron chi connectivity index (χ1n) is 10.9. The maximum atomic E-state index is 13.2. The number of hydrogen-bond donors (Lipinski definition) is 1. The third-order valence-corrected chi connectivity index (χ3v) is 6.04. The largest absolute Gasteiger partial charge is 0.493 e. The van der Waals surface area contributed by atoms with E-state index in [1.54, 1.807) is 19.9 Å². The van der Waals surface area contributed by atoms with Crippen LogP contribution in [-0.4, -0.2) is 49.2 Å². The third-order valence-electron chi connectivity index (χ3n) is 4.91. The molecule has 1 amide bonds. The van der Waals surface area contributed by atoms with Crippen LogP contribution in [0, 0.1) is 0 Å². The number of carbonyl (C=O) groups excluding carboxylic acids is 1. The highest BCUT2D eigenvalue weighted by molar-refractivity contribution is 7.90. The van der Waals surface area contributed by atoms with Crippen molar-refractivity contribution < 1.29 is 29.2 Å². The van der Waals surface area contributed by atoms with Gasteiger partial charge in [-0.25, -0.2) is 8.42 Å². The monoisotopic (exact) mass is 462 g/mol. The lowest BCUT2D eigenvalue weighted by Gasteiger charge is -2.28. The maximum Gasteiger partial charge on any atom is 0.303 e. The topological polar surface area (TPSA) is 101 Å². The van der Waals surface area contributed by atoms with E-state index in [-0.39, 0.29) is 17.9 Å². The minimum atomic E-state index is -3.37. The van der Waals surface area contributed by atoms with E-state index in [9.17, 15) is 18.0 Å². The fourth-order valence-electron chi connectivity index (χ4n) is 3.12. The van der Waals surface area contributed by atoms with Gasteiger partial charge in [0.25, 0.3) is 5.91 Å². The van der Waals surface area contributed by atoms with E-state index in [1.165, 1.54) is 29.2 Å². The lowest BCUT2D eigenvalue weighted by Crippen LogP contribution is -2.36. The van der Waals surface area contributed by atoms with E-state index in [0.717, 1.165) is 18.2 Å². The minimum Gasteiger partial charge on any atom is -0.493 e. The van der Waals surface area contributed by atoms with Crippen LogP contribution >= 0.6 is 0 Å². The van der Waals surface area contributed by atoms with E-state index >= 15 is 0 Å². The number of sulfone groups is 1. The summed E-state index contributed by atoms with van der Waals surface area (Å²) < 4.78 is 37.8. The Labute approximate surface area is 191 Å². The van der Waals surface area contributed by atoms with Crippen LogP contribution in [0.15, 0.2) is 53.4 Å². The fourth-order valence-corrected chi connectivity index (χ4v) is 3.75. The van der Waals surface area contributed by atoms with Gasteiger partial charge in [-0.05, 0) is 63.4 Å². The second kappa shape index (κ2) is 11.7. The molecule has 32 heavy (non-hydrogen) atoms. The van der Waals surface area contributed by atoms with Crippen molar-refractivity contribution in [1.82, 2.24) is 4.90 Å². The first kappa shape index (κ1) is 23.8. The van der Waals surface area contributed by atoms with Gasteiger partial charge in [0.1, 0.15) is 5.75 Å². The zero-order chi connectivity index (χ0) is 24.6. The number of hydrogen-bond acceptors (Lipinski definition) is 5. The van der Waals surface area contributed by atoms with Crippen molar-refractivity contribution in [3.63, 3.8) is 0 Å². The summed E-state index contributed by atoms with van der Waals surface area (Å²) in [5, 5.41) is 8.70. The molecule has 0 aliphatic carbocycles. The molecule has 0 fully saturated rings. The van der Waals surface area contributed by atoms with Crippen LogP contribution in [0.25, 0.3) is 0 Å². The van der Waals surface area contributed by atoms with E-state index in [1.807, 2.05) is 18.2 Å². The van der Waals surface area contributed by atoms with Gasteiger partial charge in [-0.3, -0.25) is 9.59 Å². The van der Waals surface area contributed by atoms with E-state index in [2.05, 4.69) is 0 Å². The van der Waals surface area contributed by atoms with Crippen LogP contribution in [0.4, 0.5) is 0 Å². The second-order valence-corrected chi connectivity index (χ2v) is 9.81. The Morgan fingerprint density at radius 2 is 1.72 bits per heavy atom. The number of benzene rings is 2. The highest BCUT2D eigenvalue weighted by Gasteiger charge is 2.21. The number of carboxylic acid groups (broad SMARTS) is 1. The zero-order valence-corrected chi connectivity index (χ0v) is 19.5. The molecule has 0 atom stereocenters. The molecule has 2 rings (SSSR count). The van der Waals surface area contributed by atoms with Gasteiger partial charge in [0, 0.05) is 36.4 Å². The van der Waals surface area contributed by atoms with Crippen molar-refractivity contribution in [2.75, 3.05) is 12.9 Å². The number of amides is 1. The van der Waals surface area contributed by atoms with Gasteiger partial charge in [-0.1, -0.05) is 18.2 Å². The zero-order valence-electron chi connectivity index (χ0n) is 19.7. The molecule has 7 nitrogen and oxygen atoms in total. The Hall–Kier alpha value is -2.87. The summed E-state index contributed by atoms with van der Waals surface area (Å²) >= 11 is 0. The van der Waals surface area contributed by atoms with Crippen LogP contribution in [0.3, 0.4) is 0 Å². The molecule has 0 bridgehead atoms. The van der Waals surface area contributed by atoms with Gasteiger partial charge in [-0.15, -0.1) is 0 Å². The third kappa shape index (κ3) is 7.67. The van der Waals surface area contributed by atoms with Crippen LogP contribution in [0.5, 0.6) is 5.75 Å². The molecule has 0 radical (unpaired) electrons. The standard InChI is InChI=1S/C24H31NO6S/c1-18(2)25(24(28)19-12-14-21(15-13-19)32(3,29)30)17-20-9-6-7-10-22(20)31-16-8-4-5-11-23(26)27/h6-7,9-10,12-15,18H,4-5,8,11,16-17H2,1-3H3,(H,26,27)/i18D. The average molecular weight is 463 g/mol. The molecule has 0 unspecified atom stereocenters. The Morgan fingerprint density at radius 1 is 1.06 bits per heavy atom. The summed E-state index contributed by atoms with van der Waals surface area (Å²) in [6, 6.07) is 11.7. The van der Waals surface area contributed by atoms with Gasteiger partial charge in [0.05, 0.1) is 12.9 Å². The minimum absolute atomic E-state index is 0.123. The molecule has 0 saturated carbocycles. The van der Waals surface area contributed by atoms with Crippen molar-refractivity contribution in [3.8, 4) is 5.75 Å². The van der Waals surface area contributed by atoms with Crippen molar-refractivity contribution in [2.45, 2.75) is 57.0 Å². The fraction of sp³-hybridized carbons (Fsp3) is 0.417. The highest BCUT2D eigenvalue weighted by Crippen LogP contribution is 2.23. The van der Waals surface area contributed by atoms with Crippen LogP contribution in [-0.2, 0) is 21.2 Å². The number of unbranched alkanes of at least 4 members (excludes halogenated alkanes) is 2. The Morgan fingerprint density at radius 3 is 2.31 bits per heavy atom. The molecule has 2 aromatic rings. The lowest BCUT2D eigenvalue weighted by atomic mass is 10.1. The van der Waals surface area contributed by atoms with Crippen LogP contribution < -0.4 is 4.74 Å². The summed E-state index contributed by atoms with van der Waals surface area (Å²) in [5.41, 5.74) is 1.03. The number of carbonyl (C=O) groups is 2. The van der Waals surface area contributed by atoms with Gasteiger partial charge in [0.2, 0.25) is 0 Å². The van der Waals surface area contributed by atoms with Crippen molar-refractivity contribution in [1.29, 1.82) is 0 Å². The van der Waals surface area contributed by atoms with E-state index < -0.39 is 27.7 Å². The van der Waals surface area contributed by atoms with E-state index in [4.69, 9.17) is 11.2 Å². The number of nitrogens with zero attached hydrogens (tertiary/aromatic N) is 1. The van der Waals surface area contributed by atoms with Crippen molar-refractivity contribution >= 4 is 21.7 Å². The molecule has 0 spiro atoms. The molecular formula is C24H31NO6S. The summed E-state index contributed by atoms with van der Waals surface area (Å²) in [5.74, 6) is -0.598. The molecule has 0 aromatic heterocycles. The molecule has 0 saturated heterocycles. The summed E-state index contributed by atoms with van der Waals surface area (Å²) in [6.45, 7) is 3.78. The number of ether oxygens (including phenoxy) is 1. The average Bonchev–Trinajstić information content (AvgIpc) is 2.73. The van der Waals surface area contributed by atoms with Crippen molar-refractivity contribution in [2.24, 2.45) is 0 Å². The number of para-hydroxylation sites is 1. The van der Waals surface area contributed by atoms with Gasteiger partial charge in [-0.2, -0.15) is 0 Å². The maximum absolute atomic E-state index is 13.2. The van der Waals surface area contributed by atoms with Crippen molar-refractivity contribution in [3.05, 3.63) is 59.7 Å². The van der Waals surface area contributed by atoms with Crippen LogP contribution in [0.2, 0.25) is 0 Å². The number of rotatable bonds is 12. The summed E-state index contributed by atoms with van der Waals surface area (Å²) in [7, 11) is -3.37. The summed E-state index contributed by atoms with van der Waals surface area (Å²) in [6.07, 6.45) is 3.28. The number of carboxylic acids is 1. The van der Waals surface area contributed by atoms with Gasteiger partial charge >= 0.3 is 5.97 Å². The molecule has 174 valence electrons. The lowest BCUT2D eigenvalue weighted by molar-refractivity contribution is -0.137. The quantitative estimate of drug-likeness (QED) is 0.475. The van der Waals surface area contributed by atoms with Gasteiger partial charge in [0.15, 0.2) is 9.84 Å². The van der Waals surface area contributed by atoms with E-state index in [0.29, 0.717) is 30.8 Å². The van der Waals surface area contributed by atoms with Gasteiger partial charge < -0.3 is 14.7 Å². The normalized spacial score (nSPS) is 12.2. The molecule has 8 heteroatoms. The predicted octanol–water partition coefficient (Wildman–Crippen LogP) is 4.16. The molecule has 1 N–H and O–H groups in total. The smallest absolute Gasteiger partial charge is 0.303 e. The van der Waals surface area contributed by atoms with Crippen LogP contribution in [0.1, 0.15) is 56.8 Å².